The van der Waals surface area contributed by atoms with Crippen LogP contribution in [0.15, 0.2) is 57.9 Å². The highest BCUT2D eigenvalue weighted by Gasteiger charge is 2.14. The summed E-state index contributed by atoms with van der Waals surface area (Å²) in [5, 5.41) is 7.23. The average Bonchev–Trinajstić information content (AvgIpc) is 3.11. The van der Waals surface area contributed by atoms with Crippen LogP contribution in [0.2, 0.25) is 5.02 Å². The lowest BCUT2D eigenvalue weighted by Crippen LogP contribution is -2.23. The van der Waals surface area contributed by atoms with Crippen LogP contribution in [0, 0.1) is 6.92 Å². The summed E-state index contributed by atoms with van der Waals surface area (Å²) >= 11 is 5.84. The standard InChI is InChI=1S/C22H22ClN3O4S/c1-3-21(27)25-22-15(2)26-30-20(22)13-8-16-6-11-19(12-7-16)31(28,29)24-14-17-4-9-18(23)10-5-17/h4-13,24H,3,14H2,1-2H3,(H,25,27). The first-order valence-electron chi connectivity index (χ1n) is 9.57. The fourth-order valence-corrected chi connectivity index (χ4v) is 3.82. The van der Waals surface area contributed by atoms with Gasteiger partial charge >= 0.3 is 0 Å². The number of hydrogen-bond donors (Lipinski definition) is 2. The van der Waals surface area contributed by atoms with Crippen molar-refractivity contribution in [2.24, 2.45) is 0 Å². The molecule has 1 amide bonds. The molecule has 0 aliphatic heterocycles. The Morgan fingerprint density at radius 1 is 1.10 bits per heavy atom. The van der Waals surface area contributed by atoms with Gasteiger partial charge in [0.1, 0.15) is 11.4 Å². The topological polar surface area (TPSA) is 101 Å². The number of carbonyl (C=O) groups excluding carboxylic acids is 1. The molecule has 1 heterocycles. The largest absolute Gasteiger partial charge is 0.354 e. The molecule has 0 radical (unpaired) electrons. The Balaban J connectivity index is 1.68. The summed E-state index contributed by atoms with van der Waals surface area (Å²) in [6, 6.07) is 13.4. The SMILES string of the molecule is CCC(=O)Nc1c(C)noc1C=Cc1ccc(S(=O)(=O)NCc2ccc(Cl)cc2)cc1. The number of benzene rings is 2. The summed E-state index contributed by atoms with van der Waals surface area (Å²) in [6.45, 7) is 3.66. The predicted octanol–water partition coefficient (Wildman–Crippen LogP) is 4.63. The van der Waals surface area contributed by atoms with Crippen LogP contribution in [0.1, 0.15) is 35.9 Å². The molecular formula is C22H22ClN3O4S. The zero-order valence-electron chi connectivity index (χ0n) is 17.1. The number of amides is 1. The Labute approximate surface area is 186 Å². The average molecular weight is 460 g/mol. The normalized spacial score (nSPS) is 11.7. The molecule has 1 aromatic heterocycles. The molecule has 0 saturated heterocycles. The van der Waals surface area contributed by atoms with E-state index < -0.39 is 10.0 Å². The number of carbonyl (C=O) groups is 1. The van der Waals surface area contributed by atoms with Crippen LogP contribution in [-0.2, 0) is 21.4 Å². The zero-order chi connectivity index (χ0) is 22.4. The van der Waals surface area contributed by atoms with Crippen LogP contribution in [0.4, 0.5) is 5.69 Å². The molecular weight excluding hydrogens is 438 g/mol. The number of rotatable bonds is 8. The van der Waals surface area contributed by atoms with Gasteiger partial charge in [-0.3, -0.25) is 4.79 Å². The van der Waals surface area contributed by atoms with Crippen LogP contribution < -0.4 is 10.0 Å². The van der Waals surface area contributed by atoms with Crippen molar-refractivity contribution in [1.82, 2.24) is 9.88 Å². The summed E-state index contributed by atoms with van der Waals surface area (Å²) in [5.74, 6) is 0.280. The predicted molar refractivity (Wildman–Crippen MR) is 121 cm³/mol. The number of hydrogen-bond acceptors (Lipinski definition) is 5. The maximum absolute atomic E-state index is 12.5. The van der Waals surface area contributed by atoms with Gasteiger partial charge in [-0.15, -0.1) is 0 Å². The van der Waals surface area contributed by atoms with Gasteiger partial charge in [-0.05, 0) is 48.4 Å². The molecule has 3 aromatic rings. The van der Waals surface area contributed by atoms with Crippen molar-refractivity contribution in [2.75, 3.05) is 5.32 Å². The van der Waals surface area contributed by atoms with E-state index in [1.807, 2.05) is 0 Å². The van der Waals surface area contributed by atoms with Gasteiger partial charge < -0.3 is 9.84 Å². The molecule has 0 unspecified atom stereocenters. The lowest BCUT2D eigenvalue weighted by molar-refractivity contribution is -0.115. The second kappa shape index (κ2) is 9.91. The molecule has 162 valence electrons. The molecule has 0 bridgehead atoms. The van der Waals surface area contributed by atoms with Gasteiger partial charge in [0.25, 0.3) is 0 Å². The summed E-state index contributed by atoms with van der Waals surface area (Å²) < 4.78 is 32.9. The van der Waals surface area contributed by atoms with Crippen molar-refractivity contribution >= 4 is 45.4 Å². The smallest absolute Gasteiger partial charge is 0.240 e. The fraction of sp³-hybridized carbons (Fsp3) is 0.182. The third kappa shape index (κ3) is 6.04. The minimum Gasteiger partial charge on any atom is -0.354 e. The Kier molecular flexibility index (Phi) is 7.27. The van der Waals surface area contributed by atoms with E-state index in [-0.39, 0.29) is 17.3 Å². The van der Waals surface area contributed by atoms with E-state index in [0.717, 1.165) is 11.1 Å². The monoisotopic (exact) mass is 459 g/mol. The second-order valence-electron chi connectivity index (χ2n) is 6.76. The molecule has 9 heteroatoms. The van der Waals surface area contributed by atoms with E-state index in [1.54, 1.807) is 62.4 Å². The van der Waals surface area contributed by atoms with Gasteiger partial charge in [0.05, 0.1) is 4.90 Å². The molecule has 0 fully saturated rings. The molecule has 0 aliphatic carbocycles. The van der Waals surface area contributed by atoms with Crippen LogP contribution in [0.3, 0.4) is 0 Å². The van der Waals surface area contributed by atoms with E-state index in [2.05, 4.69) is 15.2 Å². The maximum Gasteiger partial charge on any atom is 0.240 e. The summed E-state index contributed by atoms with van der Waals surface area (Å²) in [7, 11) is -3.66. The number of aryl methyl sites for hydroxylation is 1. The van der Waals surface area contributed by atoms with Gasteiger partial charge in [-0.25, -0.2) is 13.1 Å². The summed E-state index contributed by atoms with van der Waals surface area (Å²) in [4.78, 5) is 11.8. The highest BCUT2D eigenvalue weighted by molar-refractivity contribution is 7.89. The zero-order valence-corrected chi connectivity index (χ0v) is 18.6. The molecule has 0 atom stereocenters. The van der Waals surface area contributed by atoms with E-state index >= 15 is 0 Å². The lowest BCUT2D eigenvalue weighted by atomic mass is 10.2. The molecule has 2 aromatic carbocycles. The Bertz CT molecular complexity index is 1180. The summed E-state index contributed by atoms with van der Waals surface area (Å²) in [6.07, 6.45) is 3.77. The third-order valence-corrected chi connectivity index (χ3v) is 6.14. The molecule has 0 spiro atoms. The van der Waals surface area contributed by atoms with Crippen molar-refractivity contribution in [3.8, 4) is 0 Å². The summed E-state index contributed by atoms with van der Waals surface area (Å²) in [5.41, 5.74) is 2.67. The number of nitrogens with one attached hydrogen (secondary N) is 2. The van der Waals surface area contributed by atoms with Crippen LogP contribution >= 0.6 is 11.6 Å². The van der Waals surface area contributed by atoms with Crippen LogP contribution in [-0.4, -0.2) is 19.5 Å². The van der Waals surface area contributed by atoms with Gasteiger partial charge in [-0.1, -0.05) is 54.0 Å². The number of aromatic nitrogens is 1. The molecule has 0 saturated carbocycles. The number of halogens is 1. The van der Waals surface area contributed by atoms with Crippen LogP contribution in [0.25, 0.3) is 12.2 Å². The highest BCUT2D eigenvalue weighted by atomic mass is 35.5. The molecule has 0 aliphatic rings. The highest BCUT2D eigenvalue weighted by Crippen LogP contribution is 2.23. The molecule has 31 heavy (non-hydrogen) atoms. The van der Waals surface area contributed by atoms with Gasteiger partial charge in [-0.2, -0.15) is 0 Å². The van der Waals surface area contributed by atoms with E-state index in [9.17, 15) is 13.2 Å². The number of anilines is 1. The number of sulfonamides is 1. The first kappa shape index (κ1) is 22.7. The van der Waals surface area contributed by atoms with Gasteiger partial charge in [0.2, 0.25) is 15.9 Å². The van der Waals surface area contributed by atoms with E-state index in [1.165, 1.54) is 12.1 Å². The molecule has 7 nitrogen and oxygen atoms in total. The van der Waals surface area contributed by atoms with Crippen molar-refractivity contribution in [3.63, 3.8) is 0 Å². The van der Waals surface area contributed by atoms with Crippen LogP contribution in [0.5, 0.6) is 0 Å². The molecule has 3 rings (SSSR count). The van der Waals surface area contributed by atoms with E-state index in [0.29, 0.717) is 28.6 Å². The van der Waals surface area contributed by atoms with Gasteiger partial charge in [0.15, 0.2) is 5.76 Å². The van der Waals surface area contributed by atoms with E-state index in [4.69, 9.17) is 16.1 Å². The lowest BCUT2D eigenvalue weighted by Gasteiger charge is -2.07. The van der Waals surface area contributed by atoms with Crippen molar-refractivity contribution in [3.05, 3.63) is 76.1 Å². The molecule has 2 N–H and O–H groups in total. The first-order valence-corrected chi connectivity index (χ1v) is 11.4. The van der Waals surface area contributed by atoms with Crippen molar-refractivity contribution in [1.29, 1.82) is 0 Å². The first-order chi connectivity index (χ1) is 14.8. The fourth-order valence-electron chi connectivity index (χ4n) is 2.67. The van der Waals surface area contributed by atoms with Crippen molar-refractivity contribution in [2.45, 2.75) is 31.7 Å². The number of nitrogens with zero attached hydrogens (tertiary/aromatic N) is 1. The minimum absolute atomic E-state index is 0.137. The van der Waals surface area contributed by atoms with Crippen molar-refractivity contribution < 1.29 is 17.7 Å². The Hall–Kier alpha value is -2.94. The Morgan fingerprint density at radius 3 is 2.42 bits per heavy atom. The quantitative estimate of drug-likeness (QED) is 0.511. The van der Waals surface area contributed by atoms with Gasteiger partial charge in [0, 0.05) is 18.0 Å². The maximum atomic E-state index is 12.5. The Morgan fingerprint density at radius 2 is 1.77 bits per heavy atom. The third-order valence-electron chi connectivity index (χ3n) is 4.47. The second-order valence-corrected chi connectivity index (χ2v) is 8.97. The minimum atomic E-state index is -3.66.